The van der Waals surface area contributed by atoms with E-state index in [1.54, 1.807) is 0 Å². The van der Waals surface area contributed by atoms with Gasteiger partial charge in [-0.3, -0.25) is 0 Å². The molecule has 0 heterocycles. The van der Waals surface area contributed by atoms with E-state index in [2.05, 4.69) is 5.92 Å². The zero-order valence-electron chi connectivity index (χ0n) is 5.77. The molecule has 0 aromatic rings. The lowest BCUT2D eigenvalue weighted by Gasteiger charge is -2.16. The van der Waals surface area contributed by atoms with E-state index in [1.165, 1.54) is 0 Å². The number of hydrogen-bond donors (Lipinski definition) is 1. The molecule has 0 bridgehead atoms. The number of rotatable bonds is 3. The van der Waals surface area contributed by atoms with Crippen LogP contribution in [-0.2, 0) is 0 Å². The Kier molecular flexibility index (Phi) is 3.31. The van der Waals surface area contributed by atoms with Crippen molar-refractivity contribution in [2.75, 3.05) is 0 Å². The van der Waals surface area contributed by atoms with Gasteiger partial charge < -0.3 is 5.11 Å². The molecule has 1 N–H and O–H groups in total. The van der Waals surface area contributed by atoms with Gasteiger partial charge in [0.2, 0.25) is 0 Å². The number of aliphatic hydroxyl groups is 1. The molecule has 0 aliphatic heterocycles. The molecular weight excluding hydrogens is 138 g/mol. The van der Waals surface area contributed by atoms with Gasteiger partial charge in [-0.15, -0.1) is 12.3 Å². The first kappa shape index (κ1) is 9.38. The number of hydrogen-bond acceptors (Lipinski definition) is 1. The standard InChI is InChI=1S/C7H10F2O/c1-3-4-5-6(10)7(2,8)9/h1,6,10H,4-5H2,2H3. The monoisotopic (exact) mass is 148 g/mol. The minimum Gasteiger partial charge on any atom is -0.387 e. The van der Waals surface area contributed by atoms with Crippen molar-refractivity contribution < 1.29 is 13.9 Å². The second-order valence-corrected chi connectivity index (χ2v) is 2.21. The predicted octanol–water partition coefficient (Wildman–Crippen LogP) is 1.42. The maximum atomic E-state index is 12.1. The molecule has 0 spiro atoms. The molecule has 0 radical (unpaired) electrons. The number of alkyl halides is 2. The minimum absolute atomic E-state index is 0.0417. The molecule has 3 heteroatoms. The number of aliphatic hydroxyl groups excluding tert-OH is 1. The van der Waals surface area contributed by atoms with Gasteiger partial charge in [0.1, 0.15) is 6.10 Å². The maximum absolute atomic E-state index is 12.1. The molecule has 0 saturated heterocycles. The summed E-state index contributed by atoms with van der Waals surface area (Å²) in [6, 6.07) is 0. The third kappa shape index (κ3) is 3.41. The van der Waals surface area contributed by atoms with Gasteiger partial charge in [0.25, 0.3) is 5.92 Å². The highest BCUT2D eigenvalue weighted by Gasteiger charge is 2.31. The van der Waals surface area contributed by atoms with Gasteiger partial charge in [-0.2, -0.15) is 0 Å². The number of terminal acetylenes is 1. The SMILES string of the molecule is C#CCCC(O)C(C)(F)F. The van der Waals surface area contributed by atoms with Crippen LogP contribution in [0.15, 0.2) is 0 Å². The molecule has 0 fully saturated rings. The molecule has 1 unspecified atom stereocenters. The summed E-state index contributed by atoms with van der Waals surface area (Å²) < 4.78 is 24.2. The van der Waals surface area contributed by atoms with Crippen LogP contribution < -0.4 is 0 Å². The van der Waals surface area contributed by atoms with Crippen molar-refractivity contribution >= 4 is 0 Å². The quantitative estimate of drug-likeness (QED) is 0.600. The lowest BCUT2D eigenvalue weighted by molar-refractivity contribution is -0.0951. The van der Waals surface area contributed by atoms with Crippen LogP contribution in [-0.4, -0.2) is 17.1 Å². The van der Waals surface area contributed by atoms with Crippen LogP contribution in [0, 0.1) is 12.3 Å². The lowest BCUT2D eigenvalue weighted by Crippen LogP contribution is -2.29. The van der Waals surface area contributed by atoms with Crippen LogP contribution >= 0.6 is 0 Å². The summed E-state index contributed by atoms with van der Waals surface area (Å²) in [6.07, 6.45) is 3.35. The Labute approximate surface area is 59.1 Å². The van der Waals surface area contributed by atoms with Gasteiger partial charge >= 0.3 is 0 Å². The summed E-state index contributed by atoms with van der Waals surface area (Å²) >= 11 is 0. The van der Waals surface area contributed by atoms with E-state index in [1.807, 2.05) is 0 Å². The third-order valence-electron chi connectivity index (χ3n) is 1.15. The Bertz CT molecular complexity index is 132. The fraction of sp³-hybridized carbons (Fsp3) is 0.714. The Morgan fingerprint density at radius 3 is 2.50 bits per heavy atom. The summed E-state index contributed by atoms with van der Waals surface area (Å²) in [5.74, 6) is -0.854. The maximum Gasteiger partial charge on any atom is 0.270 e. The van der Waals surface area contributed by atoms with E-state index in [9.17, 15) is 8.78 Å². The molecule has 0 amide bonds. The second-order valence-electron chi connectivity index (χ2n) is 2.21. The van der Waals surface area contributed by atoms with Gasteiger partial charge in [-0.1, -0.05) is 0 Å². The fourth-order valence-corrected chi connectivity index (χ4v) is 0.473. The highest BCUT2D eigenvalue weighted by Crippen LogP contribution is 2.20. The van der Waals surface area contributed by atoms with Gasteiger partial charge in [0, 0.05) is 13.3 Å². The first-order chi connectivity index (χ1) is 4.48. The van der Waals surface area contributed by atoms with Crippen molar-refractivity contribution in [3.63, 3.8) is 0 Å². The molecule has 1 atom stereocenters. The molecule has 58 valence electrons. The highest BCUT2D eigenvalue weighted by atomic mass is 19.3. The molecule has 0 saturated carbocycles. The van der Waals surface area contributed by atoms with Crippen LogP contribution in [0.5, 0.6) is 0 Å². The molecule has 0 aromatic heterocycles. The van der Waals surface area contributed by atoms with Crippen molar-refractivity contribution in [2.45, 2.75) is 31.8 Å². The topological polar surface area (TPSA) is 20.2 Å². The van der Waals surface area contributed by atoms with Crippen LogP contribution in [0.1, 0.15) is 19.8 Å². The van der Waals surface area contributed by atoms with Crippen molar-refractivity contribution in [1.29, 1.82) is 0 Å². The second kappa shape index (κ2) is 3.52. The summed E-state index contributed by atoms with van der Waals surface area (Å²) in [7, 11) is 0. The van der Waals surface area contributed by atoms with Crippen LogP contribution in [0.4, 0.5) is 8.78 Å². The van der Waals surface area contributed by atoms with Crippen molar-refractivity contribution in [3.05, 3.63) is 0 Å². The Morgan fingerprint density at radius 1 is 1.70 bits per heavy atom. The zero-order valence-corrected chi connectivity index (χ0v) is 5.77. The molecule has 0 aliphatic carbocycles. The predicted molar refractivity (Wildman–Crippen MR) is 34.7 cm³/mol. The average Bonchev–Trinajstić information content (AvgIpc) is 1.80. The van der Waals surface area contributed by atoms with Crippen molar-refractivity contribution in [2.24, 2.45) is 0 Å². The Morgan fingerprint density at radius 2 is 2.20 bits per heavy atom. The molecule has 0 aliphatic rings. The Hall–Kier alpha value is -0.620. The third-order valence-corrected chi connectivity index (χ3v) is 1.15. The largest absolute Gasteiger partial charge is 0.387 e. The van der Waals surface area contributed by atoms with Crippen LogP contribution in [0.2, 0.25) is 0 Å². The van der Waals surface area contributed by atoms with Crippen LogP contribution in [0.3, 0.4) is 0 Å². The molecule has 1 nitrogen and oxygen atoms in total. The first-order valence-electron chi connectivity index (χ1n) is 2.98. The highest BCUT2D eigenvalue weighted by molar-refractivity contribution is 4.86. The molecular formula is C7H10F2O. The summed E-state index contributed by atoms with van der Waals surface area (Å²) in [6.45, 7) is 0.675. The molecule has 0 aromatic carbocycles. The van der Waals surface area contributed by atoms with E-state index in [4.69, 9.17) is 11.5 Å². The van der Waals surface area contributed by atoms with E-state index in [0.29, 0.717) is 6.92 Å². The number of halogens is 2. The van der Waals surface area contributed by atoms with Crippen molar-refractivity contribution in [1.82, 2.24) is 0 Å². The smallest absolute Gasteiger partial charge is 0.270 e. The summed E-state index contributed by atoms with van der Waals surface area (Å²) in [5.41, 5.74) is 0. The molecule has 10 heavy (non-hydrogen) atoms. The summed E-state index contributed by atoms with van der Waals surface area (Å²) in [4.78, 5) is 0. The lowest BCUT2D eigenvalue weighted by atomic mass is 10.1. The van der Waals surface area contributed by atoms with E-state index < -0.39 is 12.0 Å². The minimum atomic E-state index is -3.03. The zero-order chi connectivity index (χ0) is 8.20. The average molecular weight is 148 g/mol. The normalized spacial score (nSPS) is 14.3. The fourth-order valence-electron chi connectivity index (χ4n) is 0.473. The molecule has 0 rings (SSSR count). The van der Waals surface area contributed by atoms with Gasteiger partial charge in [0.05, 0.1) is 0 Å². The van der Waals surface area contributed by atoms with Crippen molar-refractivity contribution in [3.8, 4) is 12.3 Å². The van der Waals surface area contributed by atoms with E-state index in [0.717, 1.165) is 0 Å². The van der Waals surface area contributed by atoms with E-state index >= 15 is 0 Å². The Balaban J connectivity index is 3.65. The van der Waals surface area contributed by atoms with Gasteiger partial charge in [0.15, 0.2) is 0 Å². The summed E-state index contributed by atoms with van der Waals surface area (Å²) in [5, 5.41) is 8.67. The van der Waals surface area contributed by atoms with Gasteiger partial charge in [-0.05, 0) is 6.42 Å². The van der Waals surface area contributed by atoms with Crippen LogP contribution in [0.25, 0.3) is 0 Å². The first-order valence-corrected chi connectivity index (χ1v) is 2.98. The van der Waals surface area contributed by atoms with Gasteiger partial charge in [-0.25, -0.2) is 8.78 Å². The van der Waals surface area contributed by atoms with E-state index in [-0.39, 0.29) is 12.8 Å².